The number of hydrogen-bond acceptors (Lipinski definition) is 4. The maximum Gasteiger partial charge on any atom is 0.265 e. The van der Waals surface area contributed by atoms with Gasteiger partial charge in [-0.3, -0.25) is 0 Å². The van der Waals surface area contributed by atoms with Gasteiger partial charge in [-0.15, -0.1) is 0 Å². The lowest BCUT2D eigenvalue weighted by Gasteiger charge is -2.10. The normalized spacial score (nSPS) is 10.1. The molecule has 4 nitrogen and oxygen atoms in total. The smallest absolute Gasteiger partial charge is 0.265 e. The van der Waals surface area contributed by atoms with Crippen molar-refractivity contribution in [1.82, 2.24) is 4.98 Å². The number of nitriles is 1. The van der Waals surface area contributed by atoms with Gasteiger partial charge >= 0.3 is 0 Å². The zero-order valence-corrected chi connectivity index (χ0v) is 7.87. The molecule has 0 atom stereocenters. The second-order valence-corrected chi connectivity index (χ2v) is 2.65. The van der Waals surface area contributed by atoms with E-state index in [9.17, 15) is 8.78 Å². The first-order valence-corrected chi connectivity index (χ1v) is 4.00. The third-order valence-electron chi connectivity index (χ3n) is 1.88. The Morgan fingerprint density at radius 2 is 2.33 bits per heavy atom. The standard InChI is InChI=1S/C9H8F2N2O2/c1-15-9-5(2-12)7(4-14)6(3-13-9)8(10)11/h3,8,14H,4H2,1H3. The highest BCUT2D eigenvalue weighted by molar-refractivity contribution is 5.48. The molecule has 0 saturated heterocycles. The highest BCUT2D eigenvalue weighted by atomic mass is 19.3. The summed E-state index contributed by atoms with van der Waals surface area (Å²) in [5.74, 6) is -0.0639. The first-order chi connectivity index (χ1) is 7.15. The Kier molecular flexibility index (Phi) is 3.52. The van der Waals surface area contributed by atoms with Crippen molar-refractivity contribution in [3.05, 3.63) is 22.9 Å². The number of hydrogen-bond donors (Lipinski definition) is 1. The number of aromatic nitrogens is 1. The van der Waals surface area contributed by atoms with Crippen LogP contribution in [0.5, 0.6) is 5.88 Å². The van der Waals surface area contributed by atoms with Crippen molar-refractivity contribution in [3.8, 4) is 11.9 Å². The van der Waals surface area contributed by atoms with Gasteiger partial charge in [-0.25, -0.2) is 13.8 Å². The van der Waals surface area contributed by atoms with Gasteiger partial charge in [0.25, 0.3) is 6.43 Å². The van der Waals surface area contributed by atoms with Crippen LogP contribution in [0.1, 0.15) is 23.1 Å². The van der Waals surface area contributed by atoms with E-state index in [4.69, 9.17) is 15.1 Å². The van der Waals surface area contributed by atoms with Gasteiger partial charge in [0, 0.05) is 17.3 Å². The molecule has 0 aliphatic carbocycles. The van der Waals surface area contributed by atoms with Crippen LogP contribution in [0.15, 0.2) is 6.20 Å². The van der Waals surface area contributed by atoms with Crippen LogP contribution in [-0.2, 0) is 6.61 Å². The van der Waals surface area contributed by atoms with Crippen LogP contribution in [0, 0.1) is 11.3 Å². The number of pyridine rings is 1. The van der Waals surface area contributed by atoms with Gasteiger partial charge in [-0.2, -0.15) is 5.26 Å². The van der Waals surface area contributed by atoms with Crippen molar-refractivity contribution in [2.45, 2.75) is 13.0 Å². The fourth-order valence-corrected chi connectivity index (χ4v) is 1.17. The number of nitrogens with zero attached hydrogens (tertiary/aromatic N) is 2. The predicted molar refractivity (Wildman–Crippen MR) is 46.4 cm³/mol. The third-order valence-corrected chi connectivity index (χ3v) is 1.88. The molecule has 80 valence electrons. The number of ether oxygens (including phenoxy) is 1. The average Bonchev–Trinajstić information content (AvgIpc) is 2.26. The Hall–Kier alpha value is -1.74. The molecule has 6 heteroatoms. The van der Waals surface area contributed by atoms with Crippen LogP contribution in [0.4, 0.5) is 8.78 Å². The second-order valence-electron chi connectivity index (χ2n) is 2.65. The summed E-state index contributed by atoms with van der Waals surface area (Å²) in [6, 6.07) is 1.68. The topological polar surface area (TPSA) is 66.1 Å². The third kappa shape index (κ3) is 2.02. The van der Waals surface area contributed by atoms with Crippen LogP contribution < -0.4 is 4.74 Å². The number of rotatable bonds is 3. The van der Waals surface area contributed by atoms with E-state index < -0.39 is 18.6 Å². The van der Waals surface area contributed by atoms with Crippen LogP contribution in [0.3, 0.4) is 0 Å². The molecule has 0 radical (unpaired) electrons. The number of halogens is 2. The molecule has 1 N–H and O–H groups in total. The van der Waals surface area contributed by atoms with Crippen LogP contribution in [0.2, 0.25) is 0 Å². The van der Waals surface area contributed by atoms with E-state index in [-0.39, 0.29) is 17.0 Å². The number of methoxy groups -OCH3 is 1. The molecule has 0 aromatic carbocycles. The molecule has 0 spiro atoms. The Labute approximate surface area is 84.7 Å². The molecular weight excluding hydrogens is 206 g/mol. The fourth-order valence-electron chi connectivity index (χ4n) is 1.17. The zero-order chi connectivity index (χ0) is 11.4. The Morgan fingerprint density at radius 3 is 2.73 bits per heavy atom. The quantitative estimate of drug-likeness (QED) is 0.825. The molecule has 0 unspecified atom stereocenters. The van der Waals surface area contributed by atoms with Gasteiger partial charge in [0.05, 0.1) is 13.7 Å². The van der Waals surface area contributed by atoms with Crippen molar-refractivity contribution in [1.29, 1.82) is 5.26 Å². The average molecular weight is 214 g/mol. The van der Waals surface area contributed by atoms with E-state index in [1.165, 1.54) is 7.11 Å². The van der Waals surface area contributed by atoms with Crippen molar-refractivity contribution in [2.75, 3.05) is 7.11 Å². The zero-order valence-electron chi connectivity index (χ0n) is 7.87. The minimum atomic E-state index is -2.78. The van der Waals surface area contributed by atoms with Crippen molar-refractivity contribution in [2.24, 2.45) is 0 Å². The maximum atomic E-state index is 12.5. The second kappa shape index (κ2) is 4.66. The fraction of sp³-hybridized carbons (Fsp3) is 0.333. The van der Waals surface area contributed by atoms with Gasteiger partial charge in [-0.1, -0.05) is 0 Å². The molecule has 0 fully saturated rings. The molecule has 15 heavy (non-hydrogen) atoms. The van der Waals surface area contributed by atoms with Crippen molar-refractivity contribution in [3.63, 3.8) is 0 Å². The Balaban J connectivity index is 3.43. The summed E-state index contributed by atoms with van der Waals surface area (Å²) in [4.78, 5) is 3.56. The molecule has 1 aromatic rings. The highest BCUT2D eigenvalue weighted by Gasteiger charge is 2.20. The van der Waals surface area contributed by atoms with Gasteiger partial charge in [-0.05, 0) is 0 Å². The van der Waals surface area contributed by atoms with E-state index in [0.29, 0.717) is 0 Å². The van der Waals surface area contributed by atoms with Gasteiger partial charge in [0.1, 0.15) is 11.6 Å². The van der Waals surface area contributed by atoms with E-state index in [2.05, 4.69) is 4.98 Å². The Morgan fingerprint density at radius 1 is 1.67 bits per heavy atom. The summed E-state index contributed by atoms with van der Waals surface area (Å²) in [5.41, 5.74) is -0.744. The van der Waals surface area contributed by atoms with E-state index in [1.807, 2.05) is 0 Å². The SMILES string of the molecule is COc1ncc(C(F)F)c(CO)c1C#N. The van der Waals surface area contributed by atoms with Crippen molar-refractivity contribution < 1.29 is 18.6 Å². The molecule has 0 amide bonds. The molecule has 0 bridgehead atoms. The van der Waals surface area contributed by atoms with Gasteiger partial charge in [0.15, 0.2) is 0 Å². The summed E-state index contributed by atoms with van der Waals surface area (Å²) < 4.78 is 29.7. The molecule has 1 heterocycles. The molecular formula is C9H8F2N2O2. The van der Waals surface area contributed by atoms with Gasteiger partial charge in [0.2, 0.25) is 5.88 Å². The Bertz CT molecular complexity index is 402. The van der Waals surface area contributed by atoms with Crippen LogP contribution >= 0.6 is 0 Å². The number of aliphatic hydroxyl groups excluding tert-OH is 1. The van der Waals surface area contributed by atoms with Crippen molar-refractivity contribution >= 4 is 0 Å². The molecule has 0 aliphatic rings. The summed E-state index contributed by atoms with van der Waals surface area (Å²) in [7, 11) is 1.27. The summed E-state index contributed by atoms with van der Waals surface area (Å²) in [6.07, 6.45) is -1.88. The first kappa shape index (κ1) is 11.3. The van der Waals surface area contributed by atoms with E-state index in [0.717, 1.165) is 6.20 Å². The summed E-state index contributed by atoms with van der Waals surface area (Å²) in [6.45, 7) is -0.651. The summed E-state index contributed by atoms with van der Waals surface area (Å²) in [5, 5.41) is 17.7. The lowest BCUT2D eigenvalue weighted by atomic mass is 10.1. The molecule has 0 saturated carbocycles. The molecule has 1 aromatic heterocycles. The predicted octanol–water partition coefficient (Wildman–Crippen LogP) is 1.39. The van der Waals surface area contributed by atoms with E-state index >= 15 is 0 Å². The lowest BCUT2D eigenvalue weighted by Crippen LogP contribution is -2.03. The summed E-state index contributed by atoms with van der Waals surface area (Å²) >= 11 is 0. The van der Waals surface area contributed by atoms with Gasteiger partial charge < -0.3 is 9.84 Å². The largest absolute Gasteiger partial charge is 0.480 e. The highest BCUT2D eigenvalue weighted by Crippen LogP contribution is 2.28. The molecule has 1 rings (SSSR count). The first-order valence-electron chi connectivity index (χ1n) is 4.00. The lowest BCUT2D eigenvalue weighted by molar-refractivity contribution is 0.146. The number of alkyl halides is 2. The van der Waals surface area contributed by atoms with E-state index in [1.54, 1.807) is 6.07 Å². The minimum absolute atomic E-state index is 0.0639. The van der Waals surface area contributed by atoms with Crippen LogP contribution in [-0.4, -0.2) is 17.2 Å². The molecule has 0 aliphatic heterocycles. The number of aliphatic hydroxyl groups is 1. The maximum absolute atomic E-state index is 12.5. The van der Waals surface area contributed by atoms with Crippen LogP contribution in [0.25, 0.3) is 0 Å². The monoisotopic (exact) mass is 214 g/mol. The minimum Gasteiger partial charge on any atom is -0.480 e.